The molecule has 0 aliphatic carbocycles. The average molecular weight is 221 g/mol. The van der Waals surface area contributed by atoms with E-state index in [1.807, 2.05) is 19.1 Å². The lowest BCUT2D eigenvalue weighted by atomic mass is 10.1. The Balaban J connectivity index is 2.32. The van der Waals surface area contributed by atoms with Gasteiger partial charge in [-0.05, 0) is 25.8 Å². The summed E-state index contributed by atoms with van der Waals surface area (Å²) in [5, 5.41) is 9.33. The topological polar surface area (TPSA) is 62.4 Å². The molecule has 1 aromatic rings. The lowest BCUT2D eigenvalue weighted by Crippen LogP contribution is -2.34. The predicted molar refractivity (Wildman–Crippen MR) is 64.3 cm³/mol. The molecule has 16 heavy (non-hydrogen) atoms. The summed E-state index contributed by atoms with van der Waals surface area (Å²) >= 11 is 0. The molecule has 2 rings (SSSR count). The Bertz CT molecular complexity index is 354. The normalized spacial score (nSPS) is 22.4. The highest BCUT2D eigenvalue weighted by Gasteiger charge is 2.26. The number of pyridine rings is 1. The number of hydrogen-bond donors (Lipinski definition) is 2. The number of hydrogen-bond acceptors (Lipinski definition) is 4. The fraction of sp³-hybridized carbons (Fsp3) is 0.583. The molecule has 0 bridgehead atoms. The lowest BCUT2D eigenvalue weighted by molar-refractivity contribution is 0.266. The minimum absolute atomic E-state index is 0.0244. The summed E-state index contributed by atoms with van der Waals surface area (Å²) in [5.41, 5.74) is 7.00. The van der Waals surface area contributed by atoms with Crippen LogP contribution < -0.4 is 10.6 Å². The first-order valence-electron chi connectivity index (χ1n) is 5.82. The van der Waals surface area contributed by atoms with E-state index in [2.05, 4.69) is 9.88 Å². The predicted octanol–water partition coefficient (Wildman–Crippen LogP) is 1.06. The van der Waals surface area contributed by atoms with Crippen LogP contribution in [0.2, 0.25) is 0 Å². The fourth-order valence-electron chi connectivity index (χ4n) is 2.31. The Labute approximate surface area is 96.1 Å². The van der Waals surface area contributed by atoms with Gasteiger partial charge in [0.2, 0.25) is 0 Å². The molecule has 4 nitrogen and oxygen atoms in total. The Hall–Kier alpha value is -1.13. The van der Waals surface area contributed by atoms with Gasteiger partial charge in [-0.1, -0.05) is 6.07 Å². The van der Waals surface area contributed by atoms with E-state index in [0.29, 0.717) is 0 Å². The van der Waals surface area contributed by atoms with E-state index in [9.17, 15) is 5.11 Å². The second kappa shape index (κ2) is 4.80. The molecule has 0 spiro atoms. The van der Waals surface area contributed by atoms with Crippen LogP contribution in [0.1, 0.15) is 31.4 Å². The van der Waals surface area contributed by atoms with Crippen molar-refractivity contribution in [1.82, 2.24) is 4.98 Å². The molecule has 2 heterocycles. The molecule has 1 fully saturated rings. The van der Waals surface area contributed by atoms with Crippen LogP contribution in [0.4, 0.5) is 5.82 Å². The number of rotatable bonds is 3. The fourth-order valence-corrected chi connectivity index (χ4v) is 2.31. The third-order valence-electron chi connectivity index (χ3n) is 3.17. The maximum atomic E-state index is 9.33. The van der Waals surface area contributed by atoms with Crippen LogP contribution in [-0.4, -0.2) is 29.3 Å². The van der Waals surface area contributed by atoms with Crippen molar-refractivity contribution in [3.8, 4) is 0 Å². The number of anilines is 1. The van der Waals surface area contributed by atoms with Gasteiger partial charge in [0, 0.05) is 24.3 Å². The van der Waals surface area contributed by atoms with E-state index < -0.39 is 0 Å². The quantitative estimate of drug-likeness (QED) is 0.801. The zero-order chi connectivity index (χ0) is 11.5. The Kier molecular flexibility index (Phi) is 3.41. The zero-order valence-corrected chi connectivity index (χ0v) is 9.63. The molecule has 0 saturated carbocycles. The summed E-state index contributed by atoms with van der Waals surface area (Å²) in [6.45, 7) is 3.11. The minimum Gasteiger partial charge on any atom is -0.394 e. The van der Waals surface area contributed by atoms with Gasteiger partial charge in [0.1, 0.15) is 5.82 Å². The Morgan fingerprint density at radius 1 is 1.69 bits per heavy atom. The van der Waals surface area contributed by atoms with Crippen molar-refractivity contribution in [3.63, 3.8) is 0 Å². The third-order valence-corrected chi connectivity index (χ3v) is 3.17. The van der Waals surface area contributed by atoms with Crippen molar-refractivity contribution < 1.29 is 5.11 Å². The minimum atomic E-state index is -0.0244. The molecule has 4 heteroatoms. The van der Waals surface area contributed by atoms with Gasteiger partial charge in [-0.2, -0.15) is 0 Å². The highest BCUT2D eigenvalue weighted by molar-refractivity contribution is 5.50. The van der Waals surface area contributed by atoms with Crippen LogP contribution in [0.15, 0.2) is 18.3 Å². The largest absolute Gasteiger partial charge is 0.394 e. The molecule has 1 aliphatic heterocycles. The number of nitrogens with zero attached hydrogens (tertiary/aromatic N) is 2. The molecule has 0 radical (unpaired) electrons. The van der Waals surface area contributed by atoms with Gasteiger partial charge < -0.3 is 15.7 Å². The lowest BCUT2D eigenvalue weighted by Gasteiger charge is -2.27. The summed E-state index contributed by atoms with van der Waals surface area (Å²) in [5.74, 6) is 0.939. The van der Waals surface area contributed by atoms with Gasteiger partial charge in [0.25, 0.3) is 0 Å². The molecule has 0 amide bonds. The molecule has 2 unspecified atom stereocenters. The molecule has 1 aliphatic rings. The molecule has 2 atom stereocenters. The summed E-state index contributed by atoms with van der Waals surface area (Å²) in [6.07, 6.45) is 3.93. The molecule has 88 valence electrons. The van der Waals surface area contributed by atoms with Crippen molar-refractivity contribution in [1.29, 1.82) is 0 Å². The van der Waals surface area contributed by atoms with Gasteiger partial charge in [0.05, 0.1) is 12.6 Å². The number of aliphatic hydroxyl groups excluding tert-OH is 1. The van der Waals surface area contributed by atoms with Crippen LogP contribution in [0.25, 0.3) is 0 Å². The van der Waals surface area contributed by atoms with Crippen molar-refractivity contribution >= 4 is 5.82 Å². The van der Waals surface area contributed by atoms with E-state index in [1.165, 1.54) is 0 Å². The van der Waals surface area contributed by atoms with E-state index in [-0.39, 0.29) is 18.7 Å². The van der Waals surface area contributed by atoms with Crippen molar-refractivity contribution in [2.75, 3.05) is 18.1 Å². The van der Waals surface area contributed by atoms with Crippen molar-refractivity contribution in [2.45, 2.75) is 31.8 Å². The SMILES string of the molecule is CC(N)c1cccnc1N1CCCC1CO. The first kappa shape index (κ1) is 11.4. The highest BCUT2D eigenvalue weighted by atomic mass is 16.3. The highest BCUT2D eigenvalue weighted by Crippen LogP contribution is 2.28. The van der Waals surface area contributed by atoms with Gasteiger partial charge in [0.15, 0.2) is 0 Å². The van der Waals surface area contributed by atoms with Crippen LogP contribution in [0, 0.1) is 0 Å². The zero-order valence-electron chi connectivity index (χ0n) is 9.63. The number of aromatic nitrogens is 1. The molecule has 3 N–H and O–H groups in total. The smallest absolute Gasteiger partial charge is 0.133 e. The van der Waals surface area contributed by atoms with Crippen LogP contribution in [-0.2, 0) is 0 Å². The van der Waals surface area contributed by atoms with E-state index >= 15 is 0 Å². The van der Waals surface area contributed by atoms with Crippen LogP contribution in [0.5, 0.6) is 0 Å². The summed E-state index contributed by atoms with van der Waals surface area (Å²) in [4.78, 5) is 6.59. The van der Waals surface area contributed by atoms with Crippen molar-refractivity contribution in [2.24, 2.45) is 5.73 Å². The number of aliphatic hydroxyl groups is 1. The summed E-state index contributed by atoms with van der Waals surface area (Å²) < 4.78 is 0. The van der Waals surface area contributed by atoms with E-state index in [1.54, 1.807) is 6.20 Å². The first-order valence-corrected chi connectivity index (χ1v) is 5.82. The summed E-state index contributed by atoms with van der Waals surface area (Å²) in [7, 11) is 0. The standard InChI is InChI=1S/C12H19N3O/c1-9(13)11-5-2-6-14-12(11)15-7-3-4-10(15)8-16/h2,5-6,9-10,16H,3-4,7-8,13H2,1H3. The Morgan fingerprint density at radius 2 is 2.50 bits per heavy atom. The second-order valence-electron chi connectivity index (χ2n) is 4.38. The van der Waals surface area contributed by atoms with Gasteiger partial charge in [-0.15, -0.1) is 0 Å². The Morgan fingerprint density at radius 3 is 3.19 bits per heavy atom. The first-order chi connectivity index (χ1) is 7.74. The monoisotopic (exact) mass is 221 g/mol. The van der Waals surface area contributed by atoms with Gasteiger partial charge in [-0.25, -0.2) is 4.98 Å². The molecule has 1 saturated heterocycles. The van der Waals surface area contributed by atoms with E-state index in [0.717, 1.165) is 30.8 Å². The van der Waals surface area contributed by atoms with Crippen molar-refractivity contribution in [3.05, 3.63) is 23.9 Å². The number of nitrogens with two attached hydrogens (primary N) is 1. The molecule has 0 aromatic carbocycles. The van der Waals surface area contributed by atoms with E-state index in [4.69, 9.17) is 5.73 Å². The van der Waals surface area contributed by atoms with Gasteiger partial charge in [-0.3, -0.25) is 0 Å². The second-order valence-corrected chi connectivity index (χ2v) is 4.38. The maximum Gasteiger partial charge on any atom is 0.133 e. The molecular formula is C12H19N3O. The molecular weight excluding hydrogens is 202 g/mol. The molecule has 1 aromatic heterocycles. The van der Waals surface area contributed by atoms with Crippen LogP contribution in [0.3, 0.4) is 0 Å². The maximum absolute atomic E-state index is 9.33. The van der Waals surface area contributed by atoms with Gasteiger partial charge >= 0.3 is 0 Å². The third kappa shape index (κ3) is 2.03. The summed E-state index contributed by atoms with van der Waals surface area (Å²) in [6, 6.07) is 4.10. The average Bonchev–Trinajstić information content (AvgIpc) is 2.76. The van der Waals surface area contributed by atoms with Crippen LogP contribution >= 0.6 is 0 Å².